The first-order valence-electron chi connectivity index (χ1n) is 11.0. The van der Waals surface area contributed by atoms with Crippen LogP contribution in [-0.2, 0) is 12.8 Å². The number of halogens is 1. The van der Waals surface area contributed by atoms with Crippen molar-refractivity contribution in [2.24, 2.45) is 0 Å². The number of anilines is 1. The molecule has 5 nitrogen and oxygen atoms in total. The van der Waals surface area contributed by atoms with Crippen LogP contribution in [0, 0.1) is 0 Å². The van der Waals surface area contributed by atoms with E-state index in [0.717, 1.165) is 58.5 Å². The Morgan fingerprint density at radius 2 is 1.66 bits per heavy atom. The van der Waals surface area contributed by atoms with Crippen LogP contribution in [0.15, 0.2) is 59.1 Å². The van der Waals surface area contributed by atoms with Crippen LogP contribution in [0.1, 0.15) is 47.6 Å². The number of fused-ring (bicyclic) bond motifs is 1. The average Bonchev–Trinajstić information content (AvgIpc) is 3.17. The first-order valence-corrected chi connectivity index (χ1v) is 12.6. The van der Waals surface area contributed by atoms with Gasteiger partial charge in [0.1, 0.15) is 0 Å². The fourth-order valence-electron chi connectivity index (χ4n) is 4.18. The normalized spacial score (nSPS) is 18.7. The Morgan fingerprint density at radius 1 is 0.906 bits per heavy atom. The summed E-state index contributed by atoms with van der Waals surface area (Å²) in [6.45, 7) is 0. The van der Waals surface area contributed by atoms with E-state index in [9.17, 15) is 5.11 Å². The SMILES string of the molecule is OC1CCC(Nc2nc(Cc3ccccc3)cc(Cc3nc4ccc(Br)cc4s3)n2)CC1. The fraction of sp³-hybridized carbons (Fsp3) is 0.320. The van der Waals surface area contributed by atoms with Crippen molar-refractivity contribution in [3.63, 3.8) is 0 Å². The Kier molecular flexibility index (Phi) is 6.48. The van der Waals surface area contributed by atoms with Crippen LogP contribution in [0.5, 0.6) is 0 Å². The predicted octanol–water partition coefficient (Wildman–Crippen LogP) is 5.75. The van der Waals surface area contributed by atoms with Crippen molar-refractivity contribution in [1.82, 2.24) is 15.0 Å². The second-order valence-corrected chi connectivity index (χ2v) is 10.4. The van der Waals surface area contributed by atoms with Crippen LogP contribution in [0.3, 0.4) is 0 Å². The quantitative estimate of drug-likeness (QED) is 0.347. The number of rotatable bonds is 6. The van der Waals surface area contributed by atoms with E-state index in [2.05, 4.69) is 57.6 Å². The van der Waals surface area contributed by atoms with Gasteiger partial charge in [0.2, 0.25) is 5.95 Å². The van der Waals surface area contributed by atoms with Gasteiger partial charge < -0.3 is 10.4 Å². The molecule has 4 aromatic rings. The molecule has 0 saturated heterocycles. The van der Waals surface area contributed by atoms with Gasteiger partial charge in [0.05, 0.1) is 32.7 Å². The summed E-state index contributed by atoms with van der Waals surface area (Å²) in [6.07, 6.45) is 4.81. The molecule has 0 aliphatic heterocycles. The number of nitrogens with zero attached hydrogens (tertiary/aromatic N) is 3. The van der Waals surface area contributed by atoms with E-state index in [1.165, 1.54) is 10.3 Å². The van der Waals surface area contributed by atoms with Crippen molar-refractivity contribution in [3.8, 4) is 0 Å². The Balaban J connectivity index is 1.42. The molecule has 1 aliphatic carbocycles. The molecule has 0 amide bonds. The van der Waals surface area contributed by atoms with E-state index >= 15 is 0 Å². The highest BCUT2D eigenvalue weighted by Crippen LogP contribution is 2.27. The highest BCUT2D eigenvalue weighted by atomic mass is 79.9. The molecular weight excluding hydrogens is 484 g/mol. The summed E-state index contributed by atoms with van der Waals surface area (Å²) in [5, 5.41) is 14.4. The van der Waals surface area contributed by atoms with E-state index in [1.807, 2.05) is 18.2 Å². The van der Waals surface area contributed by atoms with Gasteiger partial charge in [0.25, 0.3) is 0 Å². The molecule has 2 aromatic heterocycles. The van der Waals surface area contributed by atoms with Gasteiger partial charge in [-0.05, 0) is 55.5 Å². The van der Waals surface area contributed by atoms with Crippen molar-refractivity contribution in [2.75, 3.05) is 5.32 Å². The smallest absolute Gasteiger partial charge is 0.223 e. The van der Waals surface area contributed by atoms with E-state index in [0.29, 0.717) is 18.4 Å². The van der Waals surface area contributed by atoms with Crippen molar-refractivity contribution in [1.29, 1.82) is 0 Å². The number of aliphatic hydroxyl groups is 1. The third-order valence-electron chi connectivity index (χ3n) is 5.82. The predicted molar refractivity (Wildman–Crippen MR) is 133 cm³/mol. The molecule has 164 valence electrons. The molecule has 2 N–H and O–H groups in total. The zero-order valence-corrected chi connectivity index (χ0v) is 20.1. The molecule has 5 rings (SSSR count). The van der Waals surface area contributed by atoms with Gasteiger partial charge in [-0.25, -0.2) is 15.0 Å². The second-order valence-electron chi connectivity index (χ2n) is 8.38. The van der Waals surface area contributed by atoms with Gasteiger partial charge in [-0.3, -0.25) is 0 Å². The topological polar surface area (TPSA) is 70.9 Å². The van der Waals surface area contributed by atoms with Gasteiger partial charge in [-0.15, -0.1) is 11.3 Å². The van der Waals surface area contributed by atoms with Gasteiger partial charge >= 0.3 is 0 Å². The largest absolute Gasteiger partial charge is 0.393 e. The Morgan fingerprint density at radius 3 is 2.44 bits per heavy atom. The molecule has 0 unspecified atom stereocenters. The molecule has 0 bridgehead atoms. The van der Waals surface area contributed by atoms with Crippen LogP contribution in [-0.4, -0.2) is 32.2 Å². The number of thiazole rings is 1. The van der Waals surface area contributed by atoms with Gasteiger partial charge in [0, 0.05) is 23.4 Å². The fourth-order valence-corrected chi connectivity index (χ4v) is 5.72. The number of hydrogen-bond acceptors (Lipinski definition) is 6. The summed E-state index contributed by atoms with van der Waals surface area (Å²) in [5.41, 5.74) is 4.23. The Bertz CT molecular complexity index is 1210. The maximum absolute atomic E-state index is 9.82. The molecule has 1 fully saturated rings. The van der Waals surface area contributed by atoms with Crippen molar-refractivity contribution >= 4 is 43.4 Å². The van der Waals surface area contributed by atoms with Crippen LogP contribution in [0.25, 0.3) is 10.2 Å². The third kappa shape index (κ3) is 5.34. The maximum atomic E-state index is 9.82. The van der Waals surface area contributed by atoms with Crippen LogP contribution < -0.4 is 5.32 Å². The first kappa shape index (κ1) is 21.5. The first-order chi connectivity index (χ1) is 15.6. The zero-order chi connectivity index (χ0) is 21.9. The number of aliphatic hydroxyl groups excluding tert-OH is 1. The third-order valence-corrected chi connectivity index (χ3v) is 7.33. The van der Waals surface area contributed by atoms with Crippen molar-refractivity contribution in [2.45, 2.75) is 50.7 Å². The van der Waals surface area contributed by atoms with E-state index in [1.54, 1.807) is 11.3 Å². The summed E-state index contributed by atoms with van der Waals surface area (Å²) in [5.74, 6) is 0.679. The molecular formula is C25H25BrN4OS. The van der Waals surface area contributed by atoms with E-state index in [4.69, 9.17) is 15.0 Å². The number of nitrogens with one attached hydrogen (secondary N) is 1. The lowest BCUT2D eigenvalue weighted by Crippen LogP contribution is -2.29. The van der Waals surface area contributed by atoms with Crippen molar-refractivity contribution < 1.29 is 5.11 Å². The summed E-state index contributed by atoms with van der Waals surface area (Å²) in [4.78, 5) is 14.5. The molecule has 1 saturated carbocycles. The van der Waals surface area contributed by atoms with Gasteiger partial charge in [-0.2, -0.15) is 0 Å². The molecule has 0 radical (unpaired) electrons. The molecule has 2 aromatic carbocycles. The van der Waals surface area contributed by atoms with Crippen molar-refractivity contribution in [3.05, 3.63) is 81.0 Å². The second kappa shape index (κ2) is 9.65. The maximum Gasteiger partial charge on any atom is 0.223 e. The van der Waals surface area contributed by atoms with Crippen LogP contribution in [0.4, 0.5) is 5.95 Å². The number of benzene rings is 2. The lowest BCUT2D eigenvalue weighted by molar-refractivity contribution is 0.126. The molecule has 0 atom stereocenters. The van der Waals surface area contributed by atoms with Crippen LogP contribution >= 0.6 is 27.3 Å². The average molecular weight is 509 g/mol. The molecule has 7 heteroatoms. The minimum absolute atomic E-state index is 0.173. The van der Waals surface area contributed by atoms with E-state index < -0.39 is 0 Å². The Labute approximate surface area is 200 Å². The highest BCUT2D eigenvalue weighted by Gasteiger charge is 2.20. The molecule has 2 heterocycles. The summed E-state index contributed by atoms with van der Waals surface area (Å²) in [7, 11) is 0. The number of hydrogen-bond donors (Lipinski definition) is 2. The minimum atomic E-state index is -0.173. The Hall–Kier alpha value is -2.35. The molecule has 1 aliphatic rings. The van der Waals surface area contributed by atoms with Gasteiger partial charge in [0.15, 0.2) is 0 Å². The molecule has 0 spiro atoms. The highest BCUT2D eigenvalue weighted by molar-refractivity contribution is 9.10. The van der Waals surface area contributed by atoms with E-state index in [-0.39, 0.29) is 6.10 Å². The molecule has 32 heavy (non-hydrogen) atoms. The zero-order valence-electron chi connectivity index (χ0n) is 17.7. The summed E-state index contributed by atoms with van der Waals surface area (Å²) < 4.78 is 2.24. The lowest BCUT2D eigenvalue weighted by atomic mass is 9.93. The standard InChI is InChI=1S/C25H25BrN4OS/c26-17-6-11-22-23(13-17)32-24(30-22)15-20-14-19(12-16-4-2-1-3-5-16)28-25(29-20)27-18-7-9-21(31)10-8-18/h1-6,11,13-14,18,21,31H,7-10,12,15H2,(H,27,28,29). The monoisotopic (exact) mass is 508 g/mol. The minimum Gasteiger partial charge on any atom is -0.393 e. The lowest BCUT2D eigenvalue weighted by Gasteiger charge is -2.26. The van der Waals surface area contributed by atoms with Gasteiger partial charge in [-0.1, -0.05) is 46.3 Å². The summed E-state index contributed by atoms with van der Waals surface area (Å²) in [6, 6.07) is 19.0. The van der Waals surface area contributed by atoms with Crippen LogP contribution in [0.2, 0.25) is 0 Å². The summed E-state index contributed by atoms with van der Waals surface area (Å²) >= 11 is 5.25. The number of aromatic nitrogens is 3.